The van der Waals surface area contributed by atoms with Crippen molar-refractivity contribution in [3.63, 3.8) is 0 Å². The molecule has 4 nitrogen and oxygen atoms in total. The number of carbonyl (C=O) groups is 1. The van der Waals surface area contributed by atoms with Gasteiger partial charge in [-0.2, -0.15) is 0 Å². The van der Waals surface area contributed by atoms with Crippen LogP contribution in [0.1, 0.15) is 32.9 Å². The van der Waals surface area contributed by atoms with Gasteiger partial charge in [0.2, 0.25) is 0 Å². The summed E-state index contributed by atoms with van der Waals surface area (Å²) in [6.07, 6.45) is 3.72. The van der Waals surface area contributed by atoms with Crippen LogP contribution in [-0.4, -0.2) is 26.1 Å². The predicted molar refractivity (Wildman–Crippen MR) is 98.4 cm³/mol. The van der Waals surface area contributed by atoms with E-state index in [9.17, 15) is 4.79 Å². The number of aromatic nitrogens is 3. The van der Waals surface area contributed by atoms with Crippen LogP contribution >= 0.6 is 11.8 Å². The summed E-state index contributed by atoms with van der Waals surface area (Å²) in [5.41, 5.74) is 6.28. The number of hydrogen-bond acceptors (Lipinski definition) is 3. The van der Waals surface area contributed by atoms with Gasteiger partial charge in [0.05, 0.1) is 11.4 Å². The zero-order valence-electron chi connectivity index (χ0n) is 14.4. The van der Waals surface area contributed by atoms with E-state index in [0.29, 0.717) is 5.75 Å². The van der Waals surface area contributed by atoms with E-state index in [2.05, 4.69) is 40.5 Å². The van der Waals surface area contributed by atoms with Gasteiger partial charge in [0, 0.05) is 29.3 Å². The van der Waals surface area contributed by atoms with Crippen LogP contribution in [0.4, 0.5) is 0 Å². The van der Waals surface area contributed by atoms with Crippen molar-refractivity contribution in [3.05, 3.63) is 64.7 Å². The third-order valence-electron chi connectivity index (χ3n) is 4.22. The van der Waals surface area contributed by atoms with Crippen LogP contribution in [0.15, 0.2) is 41.8 Å². The molecule has 0 spiro atoms. The summed E-state index contributed by atoms with van der Waals surface area (Å²) >= 11 is 1.47. The standard InChI is InChI=1S/C19H21N3OS/c1-12-6-5-7-17(14(12)3)22-9-8-20-19(22)24-11-18(23)16-10-13(2)21-15(16)4/h5-10,21H,11H2,1-4H3. The first-order chi connectivity index (χ1) is 11.5. The van der Waals surface area contributed by atoms with E-state index < -0.39 is 0 Å². The maximum Gasteiger partial charge on any atom is 0.174 e. The number of imidazole rings is 1. The normalized spacial score (nSPS) is 11.0. The molecule has 3 rings (SSSR count). The van der Waals surface area contributed by atoms with Gasteiger partial charge in [-0.3, -0.25) is 9.36 Å². The molecule has 0 radical (unpaired) electrons. The van der Waals surface area contributed by atoms with Gasteiger partial charge in [0.25, 0.3) is 0 Å². The number of nitrogens with zero attached hydrogens (tertiary/aromatic N) is 2. The Morgan fingerprint density at radius 2 is 2.04 bits per heavy atom. The van der Waals surface area contributed by atoms with Crippen molar-refractivity contribution in [2.45, 2.75) is 32.9 Å². The SMILES string of the molecule is Cc1cc(C(=O)CSc2nccn2-c2cccc(C)c2C)c(C)[nH]1. The van der Waals surface area contributed by atoms with E-state index in [0.717, 1.165) is 27.8 Å². The minimum atomic E-state index is 0.123. The van der Waals surface area contributed by atoms with Gasteiger partial charge in [-0.05, 0) is 51.0 Å². The van der Waals surface area contributed by atoms with Crippen molar-refractivity contribution >= 4 is 17.5 Å². The second-order valence-electron chi connectivity index (χ2n) is 6.00. The van der Waals surface area contributed by atoms with Gasteiger partial charge in [-0.1, -0.05) is 23.9 Å². The van der Waals surface area contributed by atoms with Gasteiger partial charge < -0.3 is 4.98 Å². The van der Waals surface area contributed by atoms with Gasteiger partial charge in [0.1, 0.15) is 0 Å². The summed E-state index contributed by atoms with van der Waals surface area (Å²) in [6, 6.07) is 8.14. The zero-order valence-corrected chi connectivity index (χ0v) is 15.2. The van der Waals surface area contributed by atoms with Crippen molar-refractivity contribution in [1.82, 2.24) is 14.5 Å². The lowest BCUT2D eigenvalue weighted by Gasteiger charge is -2.12. The fourth-order valence-electron chi connectivity index (χ4n) is 2.80. The molecular weight excluding hydrogens is 318 g/mol. The third-order valence-corrected chi connectivity index (χ3v) is 5.19. The summed E-state index contributed by atoms with van der Waals surface area (Å²) in [5, 5.41) is 0.835. The topological polar surface area (TPSA) is 50.7 Å². The summed E-state index contributed by atoms with van der Waals surface area (Å²) in [6.45, 7) is 8.10. The Kier molecular flexibility index (Phi) is 4.62. The highest BCUT2D eigenvalue weighted by Gasteiger charge is 2.15. The van der Waals surface area contributed by atoms with Crippen LogP contribution in [0.3, 0.4) is 0 Å². The molecule has 1 N–H and O–H groups in total. The highest BCUT2D eigenvalue weighted by molar-refractivity contribution is 7.99. The number of benzene rings is 1. The Hall–Kier alpha value is -2.27. The van der Waals surface area contributed by atoms with Crippen molar-refractivity contribution in [1.29, 1.82) is 0 Å². The first-order valence-corrected chi connectivity index (χ1v) is 8.88. The fraction of sp³-hybridized carbons (Fsp3) is 0.263. The van der Waals surface area contributed by atoms with Crippen molar-refractivity contribution in [2.24, 2.45) is 0 Å². The highest BCUT2D eigenvalue weighted by atomic mass is 32.2. The summed E-state index contributed by atoms with van der Waals surface area (Å²) in [5.74, 6) is 0.498. The van der Waals surface area contributed by atoms with Crippen LogP contribution in [0.2, 0.25) is 0 Å². The van der Waals surface area contributed by atoms with Crippen molar-refractivity contribution in [2.75, 3.05) is 5.75 Å². The van der Waals surface area contributed by atoms with Gasteiger partial charge >= 0.3 is 0 Å². The molecule has 0 aliphatic heterocycles. The molecule has 0 atom stereocenters. The molecule has 0 fully saturated rings. The maximum absolute atomic E-state index is 12.5. The molecule has 124 valence electrons. The van der Waals surface area contributed by atoms with Gasteiger partial charge in [0.15, 0.2) is 10.9 Å². The molecule has 0 unspecified atom stereocenters. The summed E-state index contributed by atoms with van der Waals surface area (Å²) in [7, 11) is 0. The molecule has 24 heavy (non-hydrogen) atoms. The van der Waals surface area contributed by atoms with Crippen LogP contribution < -0.4 is 0 Å². The lowest BCUT2D eigenvalue weighted by Crippen LogP contribution is -2.05. The molecule has 0 aliphatic rings. The van der Waals surface area contributed by atoms with Crippen LogP contribution in [0.5, 0.6) is 0 Å². The predicted octanol–water partition coefficient (Wildman–Crippen LogP) is 4.41. The number of nitrogens with one attached hydrogen (secondary N) is 1. The summed E-state index contributed by atoms with van der Waals surface area (Å²) < 4.78 is 2.05. The van der Waals surface area contributed by atoms with Crippen LogP contribution in [0, 0.1) is 27.7 Å². The number of aryl methyl sites for hydroxylation is 3. The number of hydrogen-bond donors (Lipinski definition) is 1. The molecule has 2 aromatic heterocycles. The first-order valence-electron chi connectivity index (χ1n) is 7.89. The summed E-state index contributed by atoms with van der Waals surface area (Å²) in [4.78, 5) is 20.1. The molecule has 0 saturated carbocycles. The molecule has 0 aliphatic carbocycles. The number of thioether (sulfide) groups is 1. The molecular formula is C19H21N3OS. The number of rotatable bonds is 5. The monoisotopic (exact) mass is 339 g/mol. The lowest BCUT2D eigenvalue weighted by molar-refractivity contribution is 0.102. The number of aromatic amines is 1. The van der Waals surface area contributed by atoms with E-state index in [1.165, 1.54) is 22.9 Å². The van der Waals surface area contributed by atoms with E-state index in [1.807, 2.05) is 32.2 Å². The minimum absolute atomic E-state index is 0.123. The van der Waals surface area contributed by atoms with Gasteiger partial charge in [-0.15, -0.1) is 0 Å². The second kappa shape index (κ2) is 6.69. The first kappa shape index (κ1) is 16.6. The molecule has 0 saturated heterocycles. The zero-order chi connectivity index (χ0) is 17.3. The largest absolute Gasteiger partial charge is 0.362 e. The van der Waals surface area contributed by atoms with Crippen molar-refractivity contribution < 1.29 is 4.79 Å². The van der Waals surface area contributed by atoms with E-state index in [4.69, 9.17) is 0 Å². The Bertz CT molecular complexity index is 892. The Morgan fingerprint density at radius 1 is 1.25 bits per heavy atom. The number of Topliss-reactive ketones (excluding diaryl/α,β-unsaturated/α-hetero) is 1. The van der Waals surface area contributed by atoms with E-state index in [1.54, 1.807) is 6.20 Å². The van der Waals surface area contributed by atoms with E-state index >= 15 is 0 Å². The molecule has 2 heterocycles. The number of H-pyrrole nitrogens is 1. The van der Waals surface area contributed by atoms with Crippen molar-refractivity contribution in [3.8, 4) is 5.69 Å². The Labute approximate surface area is 146 Å². The number of ketones is 1. The fourth-order valence-corrected chi connectivity index (χ4v) is 3.65. The van der Waals surface area contributed by atoms with Crippen LogP contribution in [-0.2, 0) is 0 Å². The van der Waals surface area contributed by atoms with Crippen LogP contribution in [0.25, 0.3) is 5.69 Å². The second-order valence-corrected chi connectivity index (χ2v) is 6.94. The molecule has 0 amide bonds. The smallest absolute Gasteiger partial charge is 0.174 e. The minimum Gasteiger partial charge on any atom is -0.362 e. The molecule has 1 aromatic carbocycles. The highest BCUT2D eigenvalue weighted by Crippen LogP contribution is 2.25. The third kappa shape index (κ3) is 3.17. The molecule has 3 aromatic rings. The maximum atomic E-state index is 12.5. The average Bonchev–Trinajstić information content (AvgIpc) is 3.13. The molecule has 5 heteroatoms. The Morgan fingerprint density at radius 3 is 2.75 bits per heavy atom. The quantitative estimate of drug-likeness (QED) is 0.553. The molecule has 0 bridgehead atoms. The lowest BCUT2D eigenvalue weighted by atomic mass is 10.1. The average molecular weight is 339 g/mol. The Balaban J connectivity index is 1.80. The van der Waals surface area contributed by atoms with Gasteiger partial charge in [-0.25, -0.2) is 4.98 Å². The number of carbonyl (C=O) groups excluding carboxylic acids is 1. The van der Waals surface area contributed by atoms with E-state index in [-0.39, 0.29) is 5.78 Å².